The second kappa shape index (κ2) is 6.54. The molecular formula is C19H22Cl2N2O3. The highest BCUT2D eigenvalue weighted by Crippen LogP contribution is 2.60. The second-order valence-corrected chi connectivity index (χ2v) is 8.71. The second-order valence-electron chi connectivity index (χ2n) is 7.86. The van der Waals surface area contributed by atoms with E-state index in [2.05, 4.69) is 5.32 Å². The van der Waals surface area contributed by atoms with E-state index in [1.165, 1.54) is 11.0 Å². The van der Waals surface area contributed by atoms with Crippen molar-refractivity contribution >= 4 is 46.6 Å². The van der Waals surface area contributed by atoms with Gasteiger partial charge in [0.1, 0.15) is 0 Å². The molecule has 1 N–H and O–H groups in total. The molecule has 2 atom stereocenters. The quantitative estimate of drug-likeness (QED) is 0.777. The monoisotopic (exact) mass is 396 g/mol. The number of nitrogens with one attached hydrogen (secondary N) is 1. The topological polar surface area (TPSA) is 66.5 Å². The molecule has 2 unspecified atom stereocenters. The van der Waals surface area contributed by atoms with Gasteiger partial charge in [0, 0.05) is 23.9 Å². The van der Waals surface area contributed by atoms with Crippen molar-refractivity contribution in [3.05, 3.63) is 28.2 Å². The lowest BCUT2D eigenvalue weighted by Crippen LogP contribution is -2.59. The highest BCUT2D eigenvalue weighted by atomic mass is 35.5. The molecule has 1 aliphatic heterocycles. The lowest BCUT2D eigenvalue weighted by atomic mass is 9.62. The van der Waals surface area contributed by atoms with E-state index in [-0.39, 0.29) is 42.0 Å². The van der Waals surface area contributed by atoms with E-state index < -0.39 is 5.41 Å². The number of piperidine rings is 1. The Hall–Kier alpha value is -1.59. The molecule has 0 aromatic heterocycles. The number of likely N-dealkylation sites (tertiary alicyclic amines) is 1. The number of halogens is 2. The van der Waals surface area contributed by atoms with Crippen LogP contribution in [0.25, 0.3) is 0 Å². The van der Waals surface area contributed by atoms with Crippen LogP contribution in [0.15, 0.2) is 18.2 Å². The number of imide groups is 1. The van der Waals surface area contributed by atoms with Crippen LogP contribution in [0.4, 0.5) is 5.69 Å². The molecule has 0 spiro atoms. The van der Waals surface area contributed by atoms with Crippen LogP contribution in [0.2, 0.25) is 10.0 Å². The maximum atomic E-state index is 12.9. The minimum absolute atomic E-state index is 0.0274. The third-order valence-electron chi connectivity index (χ3n) is 6.28. The molecule has 1 aromatic rings. The Labute approximate surface area is 163 Å². The Morgan fingerprint density at radius 2 is 1.96 bits per heavy atom. The minimum Gasteiger partial charge on any atom is -0.325 e. The lowest BCUT2D eigenvalue weighted by Gasteiger charge is -2.47. The van der Waals surface area contributed by atoms with Crippen molar-refractivity contribution in [1.82, 2.24) is 4.90 Å². The smallest absolute Gasteiger partial charge is 0.235 e. The van der Waals surface area contributed by atoms with Gasteiger partial charge in [-0.3, -0.25) is 19.3 Å². The van der Waals surface area contributed by atoms with Crippen LogP contribution in [0.1, 0.15) is 40.0 Å². The molecule has 3 rings (SSSR count). The van der Waals surface area contributed by atoms with Crippen molar-refractivity contribution in [2.24, 2.45) is 16.7 Å². The van der Waals surface area contributed by atoms with E-state index in [0.717, 1.165) is 6.42 Å². The number of hydrogen-bond donors (Lipinski definition) is 1. The maximum Gasteiger partial charge on any atom is 0.235 e. The predicted octanol–water partition coefficient (Wildman–Crippen LogP) is 4.13. The van der Waals surface area contributed by atoms with Gasteiger partial charge in [-0.2, -0.15) is 0 Å². The van der Waals surface area contributed by atoms with E-state index in [4.69, 9.17) is 23.2 Å². The summed E-state index contributed by atoms with van der Waals surface area (Å²) >= 11 is 11.9. The van der Waals surface area contributed by atoms with Gasteiger partial charge in [0.15, 0.2) is 0 Å². The summed E-state index contributed by atoms with van der Waals surface area (Å²) < 4.78 is 0. The fourth-order valence-electron chi connectivity index (χ4n) is 4.13. The molecule has 3 amide bonds. The van der Waals surface area contributed by atoms with E-state index in [9.17, 15) is 14.4 Å². The van der Waals surface area contributed by atoms with Crippen molar-refractivity contribution in [2.45, 2.75) is 40.0 Å². The van der Waals surface area contributed by atoms with Crippen LogP contribution >= 0.6 is 23.2 Å². The van der Waals surface area contributed by atoms with Crippen LogP contribution in [0, 0.1) is 16.7 Å². The van der Waals surface area contributed by atoms with Gasteiger partial charge < -0.3 is 5.32 Å². The van der Waals surface area contributed by atoms with Gasteiger partial charge >= 0.3 is 0 Å². The zero-order chi connectivity index (χ0) is 19.3. The van der Waals surface area contributed by atoms with Crippen molar-refractivity contribution in [1.29, 1.82) is 0 Å². The number of amides is 3. The molecule has 5 nitrogen and oxygen atoms in total. The van der Waals surface area contributed by atoms with E-state index in [0.29, 0.717) is 22.2 Å². The number of hydrogen-bond acceptors (Lipinski definition) is 3. The van der Waals surface area contributed by atoms with Crippen LogP contribution in [-0.4, -0.2) is 29.2 Å². The average molecular weight is 397 g/mol. The molecule has 2 fully saturated rings. The number of carbonyl (C=O) groups is 3. The van der Waals surface area contributed by atoms with E-state index >= 15 is 0 Å². The first kappa shape index (κ1) is 19.2. The summed E-state index contributed by atoms with van der Waals surface area (Å²) in [6.45, 7) is 6.00. The average Bonchev–Trinajstić information content (AvgIpc) is 2.74. The number of benzene rings is 1. The Balaban J connectivity index is 1.67. The molecule has 1 saturated heterocycles. The SMILES string of the molecule is CC12CCC(C(=O)N(CCC(=O)Nc3ccc(Cl)cc3Cl)C1=O)C2(C)C. The van der Waals surface area contributed by atoms with Gasteiger partial charge in [-0.05, 0) is 36.5 Å². The fraction of sp³-hybridized carbons (Fsp3) is 0.526. The first-order chi connectivity index (χ1) is 12.1. The third kappa shape index (κ3) is 2.91. The summed E-state index contributed by atoms with van der Waals surface area (Å²) in [6, 6.07) is 4.78. The van der Waals surface area contributed by atoms with Gasteiger partial charge in [-0.25, -0.2) is 0 Å². The summed E-state index contributed by atoms with van der Waals surface area (Å²) in [5.74, 6) is -0.804. The third-order valence-corrected chi connectivity index (χ3v) is 6.82. The maximum absolute atomic E-state index is 12.9. The molecule has 7 heteroatoms. The Kier molecular flexibility index (Phi) is 4.82. The molecule has 1 saturated carbocycles. The van der Waals surface area contributed by atoms with Crippen LogP contribution in [0.3, 0.4) is 0 Å². The van der Waals surface area contributed by atoms with Crippen molar-refractivity contribution < 1.29 is 14.4 Å². The summed E-state index contributed by atoms with van der Waals surface area (Å²) in [5.41, 5.74) is -0.455. The summed E-state index contributed by atoms with van der Waals surface area (Å²) in [7, 11) is 0. The standard InChI is InChI=1S/C19H22Cl2N2O3/c1-18(2)12-6-8-19(18,3)17(26)23(16(12)25)9-7-15(24)22-14-5-4-11(20)10-13(14)21/h4-5,10,12H,6-9H2,1-3H3,(H,22,24). The number of rotatable bonds is 4. The zero-order valence-corrected chi connectivity index (χ0v) is 16.6. The molecule has 26 heavy (non-hydrogen) atoms. The minimum atomic E-state index is -0.554. The van der Waals surface area contributed by atoms with Crippen LogP contribution < -0.4 is 5.32 Å². The molecule has 1 heterocycles. The Morgan fingerprint density at radius 3 is 2.62 bits per heavy atom. The highest BCUT2D eigenvalue weighted by Gasteiger charge is 2.64. The van der Waals surface area contributed by atoms with Crippen molar-refractivity contribution in [3.8, 4) is 0 Å². The number of anilines is 1. The Bertz CT molecular complexity index is 793. The zero-order valence-electron chi connectivity index (χ0n) is 15.1. The molecule has 2 bridgehead atoms. The molecule has 2 aliphatic rings. The first-order valence-electron chi connectivity index (χ1n) is 8.68. The highest BCUT2D eigenvalue weighted by molar-refractivity contribution is 6.36. The number of nitrogens with zero attached hydrogens (tertiary/aromatic N) is 1. The largest absolute Gasteiger partial charge is 0.325 e. The number of carbonyl (C=O) groups excluding carboxylic acids is 3. The summed E-state index contributed by atoms with van der Waals surface area (Å²) in [5, 5.41) is 3.50. The van der Waals surface area contributed by atoms with Gasteiger partial charge in [0.25, 0.3) is 0 Å². The predicted molar refractivity (Wildman–Crippen MR) is 101 cm³/mol. The van der Waals surface area contributed by atoms with Gasteiger partial charge in [-0.15, -0.1) is 0 Å². The summed E-state index contributed by atoms with van der Waals surface area (Å²) in [4.78, 5) is 39.2. The van der Waals surface area contributed by atoms with E-state index in [1.807, 2.05) is 20.8 Å². The molecular weight excluding hydrogens is 375 g/mol. The van der Waals surface area contributed by atoms with Crippen molar-refractivity contribution in [2.75, 3.05) is 11.9 Å². The van der Waals surface area contributed by atoms with Gasteiger partial charge in [0.05, 0.1) is 16.1 Å². The number of fused-ring (bicyclic) bond motifs is 2. The Morgan fingerprint density at radius 1 is 1.27 bits per heavy atom. The first-order valence-corrected chi connectivity index (χ1v) is 9.44. The normalized spacial score (nSPS) is 27.0. The van der Waals surface area contributed by atoms with Crippen LogP contribution in [-0.2, 0) is 14.4 Å². The summed E-state index contributed by atoms with van der Waals surface area (Å²) in [6.07, 6.45) is 1.45. The van der Waals surface area contributed by atoms with Crippen molar-refractivity contribution in [3.63, 3.8) is 0 Å². The fourth-order valence-corrected chi connectivity index (χ4v) is 4.59. The van der Waals surface area contributed by atoms with E-state index in [1.54, 1.807) is 12.1 Å². The lowest BCUT2D eigenvalue weighted by molar-refractivity contribution is -0.167. The van der Waals surface area contributed by atoms with Gasteiger partial charge in [-0.1, -0.05) is 44.0 Å². The van der Waals surface area contributed by atoms with Gasteiger partial charge in [0.2, 0.25) is 17.7 Å². The van der Waals surface area contributed by atoms with Crippen LogP contribution in [0.5, 0.6) is 0 Å². The molecule has 1 aromatic carbocycles. The molecule has 0 radical (unpaired) electrons. The molecule has 1 aliphatic carbocycles. The molecule has 140 valence electrons.